The molecule has 5 rings (SSSR count). The molecule has 0 saturated carbocycles. The predicted octanol–water partition coefficient (Wildman–Crippen LogP) is 5.68. The van der Waals surface area contributed by atoms with Crippen LogP contribution in [0.2, 0.25) is 5.02 Å². The first-order chi connectivity index (χ1) is 15.7. The number of rotatable bonds is 6. The van der Waals surface area contributed by atoms with E-state index in [0.29, 0.717) is 22.6 Å². The molecule has 0 aliphatic heterocycles. The number of fused-ring (bicyclic) bond motifs is 1. The number of halogens is 1. The Kier molecular flexibility index (Phi) is 5.35. The molecular formula is C25H17ClN4O2. The summed E-state index contributed by atoms with van der Waals surface area (Å²) in [5, 5.41) is 8.96. The smallest absolute Gasteiger partial charge is 0.247 e. The first-order valence-corrected chi connectivity index (χ1v) is 10.4. The van der Waals surface area contributed by atoms with Gasteiger partial charge in [0, 0.05) is 10.6 Å². The van der Waals surface area contributed by atoms with Crippen LogP contribution in [0, 0.1) is 0 Å². The van der Waals surface area contributed by atoms with Crippen molar-refractivity contribution >= 4 is 34.5 Å². The zero-order valence-electron chi connectivity index (χ0n) is 16.9. The number of benzene rings is 3. The lowest BCUT2D eigenvalue weighted by atomic mass is 10.2. The van der Waals surface area contributed by atoms with Gasteiger partial charge in [0.1, 0.15) is 6.54 Å². The highest BCUT2D eigenvalue weighted by molar-refractivity contribution is 6.30. The van der Waals surface area contributed by atoms with Crippen molar-refractivity contribution in [2.75, 3.05) is 0 Å². The van der Waals surface area contributed by atoms with Crippen molar-refractivity contribution < 1.29 is 9.21 Å². The topological polar surface area (TPSA) is 73.8 Å². The van der Waals surface area contributed by atoms with E-state index < -0.39 is 0 Å². The maximum atomic E-state index is 13.0. The van der Waals surface area contributed by atoms with Crippen LogP contribution in [-0.2, 0) is 6.54 Å². The van der Waals surface area contributed by atoms with Crippen LogP contribution in [-0.4, -0.2) is 25.5 Å². The number of carbonyl (C=O) groups excluding carboxylic acids is 1. The molecule has 2 heterocycles. The van der Waals surface area contributed by atoms with Crippen LogP contribution in [0.1, 0.15) is 22.1 Å². The molecule has 2 aromatic heterocycles. The summed E-state index contributed by atoms with van der Waals surface area (Å²) in [6.07, 6.45) is 3.24. The van der Waals surface area contributed by atoms with Crippen LogP contribution in [0.15, 0.2) is 89.4 Å². The Morgan fingerprint density at radius 2 is 1.69 bits per heavy atom. The monoisotopic (exact) mass is 440 g/mol. The van der Waals surface area contributed by atoms with Gasteiger partial charge in [0.2, 0.25) is 17.6 Å². The SMILES string of the molecule is O=C(C=Cc1ccc(Cl)cc1)c1nc2ccccc2n1Cc1nnc(-c2ccccc2)o1. The van der Waals surface area contributed by atoms with Crippen molar-refractivity contribution in [2.45, 2.75) is 6.54 Å². The molecule has 0 aliphatic rings. The third kappa shape index (κ3) is 4.08. The Morgan fingerprint density at radius 3 is 2.50 bits per heavy atom. The summed E-state index contributed by atoms with van der Waals surface area (Å²) >= 11 is 5.93. The normalized spacial score (nSPS) is 11.4. The van der Waals surface area contributed by atoms with Crippen LogP contribution in [0.5, 0.6) is 0 Å². The highest BCUT2D eigenvalue weighted by Gasteiger charge is 2.18. The van der Waals surface area contributed by atoms with Crippen LogP contribution >= 0.6 is 11.6 Å². The summed E-state index contributed by atoms with van der Waals surface area (Å²) in [6, 6.07) is 24.4. The largest absolute Gasteiger partial charge is 0.419 e. The average Bonchev–Trinajstić information content (AvgIpc) is 3.45. The third-order valence-electron chi connectivity index (χ3n) is 4.95. The lowest BCUT2D eigenvalue weighted by molar-refractivity contribution is 0.103. The van der Waals surface area contributed by atoms with Crippen LogP contribution in [0.4, 0.5) is 0 Å². The molecule has 0 unspecified atom stereocenters. The minimum atomic E-state index is -0.223. The molecule has 0 bridgehead atoms. The fourth-order valence-corrected chi connectivity index (χ4v) is 3.52. The number of aromatic nitrogens is 4. The summed E-state index contributed by atoms with van der Waals surface area (Å²) in [4.78, 5) is 17.6. The van der Waals surface area contributed by atoms with Gasteiger partial charge >= 0.3 is 0 Å². The van der Waals surface area contributed by atoms with Crippen LogP contribution in [0.25, 0.3) is 28.6 Å². The maximum Gasteiger partial charge on any atom is 0.247 e. The van der Waals surface area contributed by atoms with Crippen molar-refractivity contribution in [3.8, 4) is 11.5 Å². The molecule has 6 nitrogen and oxygen atoms in total. The minimum absolute atomic E-state index is 0.223. The van der Waals surface area contributed by atoms with E-state index in [1.165, 1.54) is 6.08 Å². The number of allylic oxidation sites excluding steroid dienone is 1. The molecule has 0 spiro atoms. The van der Waals surface area contributed by atoms with Gasteiger partial charge in [-0.05, 0) is 48.0 Å². The molecule has 156 valence electrons. The number of nitrogens with zero attached hydrogens (tertiary/aromatic N) is 4. The molecule has 0 atom stereocenters. The molecular weight excluding hydrogens is 424 g/mol. The molecule has 0 N–H and O–H groups in total. The van der Waals surface area contributed by atoms with Crippen molar-refractivity contribution in [1.82, 2.24) is 19.7 Å². The van der Waals surface area contributed by atoms with Crippen molar-refractivity contribution in [1.29, 1.82) is 0 Å². The first-order valence-electron chi connectivity index (χ1n) is 9.98. The fourth-order valence-electron chi connectivity index (χ4n) is 3.39. The molecule has 0 radical (unpaired) electrons. The van der Waals surface area contributed by atoms with Gasteiger partial charge < -0.3 is 8.98 Å². The van der Waals surface area contributed by atoms with Crippen molar-refractivity contribution in [2.24, 2.45) is 0 Å². The third-order valence-corrected chi connectivity index (χ3v) is 5.21. The van der Waals surface area contributed by atoms with Gasteiger partial charge in [-0.15, -0.1) is 10.2 Å². The molecule has 0 aliphatic carbocycles. The molecule has 5 aromatic rings. The number of ketones is 1. The van der Waals surface area contributed by atoms with E-state index >= 15 is 0 Å². The molecule has 0 fully saturated rings. The highest BCUT2D eigenvalue weighted by atomic mass is 35.5. The number of hydrogen-bond donors (Lipinski definition) is 0. The Bertz CT molecular complexity index is 1420. The highest BCUT2D eigenvalue weighted by Crippen LogP contribution is 2.21. The summed E-state index contributed by atoms with van der Waals surface area (Å²) in [6.45, 7) is 0.232. The summed E-state index contributed by atoms with van der Waals surface area (Å²) < 4.78 is 7.65. The Morgan fingerprint density at radius 1 is 0.938 bits per heavy atom. The zero-order valence-corrected chi connectivity index (χ0v) is 17.6. The number of imidazole rings is 1. The van der Waals surface area contributed by atoms with Gasteiger partial charge in [0.15, 0.2) is 5.82 Å². The van der Waals surface area contributed by atoms with E-state index in [0.717, 1.165) is 22.2 Å². The summed E-state index contributed by atoms with van der Waals surface area (Å²) in [5.41, 5.74) is 3.24. The second-order valence-electron chi connectivity index (χ2n) is 7.13. The van der Waals surface area contributed by atoms with Gasteiger partial charge in [-0.1, -0.05) is 60.1 Å². The first kappa shape index (κ1) is 19.9. The van der Waals surface area contributed by atoms with Gasteiger partial charge in [-0.2, -0.15) is 0 Å². The van der Waals surface area contributed by atoms with Gasteiger partial charge in [0.05, 0.1) is 11.0 Å². The lowest BCUT2D eigenvalue weighted by Crippen LogP contribution is -2.10. The van der Waals surface area contributed by atoms with Gasteiger partial charge in [0.25, 0.3) is 0 Å². The van der Waals surface area contributed by atoms with E-state index in [1.54, 1.807) is 22.8 Å². The summed E-state index contributed by atoms with van der Waals surface area (Å²) in [5.74, 6) is 0.901. The van der Waals surface area contributed by atoms with Crippen molar-refractivity contribution in [3.05, 3.63) is 107 Å². The number of hydrogen-bond acceptors (Lipinski definition) is 5. The Labute approximate surface area is 188 Å². The van der Waals surface area contributed by atoms with Crippen LogP contribution < -0.4 is 0 Å². The fraction of sp³-hybridized carbons (Fsp3) is 0.0400. The zero-order chi connectivity index (χ0) is 21.9. The van der Waals surface area contributed by atoms with E-state index in [2.05, 4.69) is 15.2 Å². The molecule has 0 saturated heterocycles. The molecule has 0 amide bonds. The van der Waals surface area contributed by atoms with E-state index in [1.807, 2.05) is 66.7 Å². The quantitative estimate of drug-likeness (QED) is 0.250. The maximum absolute atomic E-state index is 13.0. The minimum Gasteiger partial charge on any atom is -0.419 e. The van der Waals surface area contributed by atoms with E-state index in [4.69, 9.17) is 16.0 Å². The average molecular weight is 441 g/mol. The molecule has 7 heteroatoms. The molecule has 32 heavy (non-hydrogen) atoms. The Balaban J connectivity index is 1.47. The standard InChI is InChI=1S/C25H17ClN4O2/c26-19-13-10-17(11-14-19)12-15-22(31)24-27-20-8-4-5-9-21(20)30(24)16-23-28-29-25(32-23)18-6-2-1-3-7-18/h1-15H,16H2. The Hall–Kier alpha value is -4.03. The van der Waals surface area contributed by atoms with E-state index in [-0.39, 0.29) is 12.3 Å². The number of para-hydroxylation sites is 2. The summed E-state index contributed by atoms with van der Waals surface area (Å²) in [7, 11) is 0. The number of carbonyl (C=O) groups is 1. The predicted molar refractivity (Wildman–Crippen MR) is 123 cm³/mol. The lowest BCUT2D eigenvalue weighted by Gasteiger charge is -2.04. The van der Waals surface area contributed by atoms with Crippen molar-refractivity contribution in [3.63, 3.8) is 0 Å². The van der Waals surface area contributed by atoms with Gasteiger partial charge in [-0.3, -0.25) is 4.79 Å². The van der Waals surface area contributed by atoms with Gasteiger partial charge in [-0.25, -0.2) is 4.98 Å². The second kappa shape index (κ2) is 8.61. The van der Waals surface area contributed by atoms with Crippen LogP contribution in [0.3, 0.4) is 0 Å². The second-order valence-corrected chi connectivity index (χ2v) is 7.56. The molecule has 3 aromatic carbocycles. The van der Waals surface area contributed by atoms with E-state index in [9.17, 15) is 4.79 Å².